The van der Waals surface area contributed by atoms with Gasteiger partial charge < -0.3 is 31.3 Å². The van der Waals surface area contributed by atoms with E-state index in [0.717, 1.165) is 11.1 Å². The number of hydrogen-bond donors (Lipinski definition) is 0. The minimum Gasteiger partial charge on any atom is -0.593 e. The molecule has 2 radical (unpaired) electrons. The summed E-state index contributed by atoms with van der Waals surface area (Å²) in [5.74, 6) is 0.897. The topological polar surface area (TPSA) is 105 Å². The molecule has 0 fully saturated rings. The predicted octanol–water partition coefficient (Wildman–Crippen LogP) is 2.30. The van der Waals surface area contributed by atoms with Gasteiger partial charge in [-0.25, -0.2) is 0 Å². The molecule has 0 saturated heterocycles. The van der Waals surface area contributed by atoms with Crippen molar-refractivity contribution in [1.82, 2.24) is 9.80 Å². The van der Waals surface area contributed by atoms with Crippen LogP contribution in [0, 0.1) is 0 Å². The van der Waals surface area contributed by atoms with Gasteiger partial charge in [0.05, 0.1) is 11.1 Å². The normalized spacial score (nSPS) is 10.9. The van der Waals surface area contributed by atoms with Crippen molar-refractivity contribution in [2.75, 3.05) is 28.2 Å². The first-order valence-corrected chi connectivity index (χ1v) is 10.5. The summed E-state index contributed by atoms with van der Waals surface area (Å²) in [6, 6.07) is 14.6. The van der Waals surface area contributed by atoms with E-state index in [4.69, 9.17) is 10.2 Å². The maximum absolute atomic E-state index is 7.71. The van der Waals surface area contributed by atoms with E-state index < -0.39 is 0 Å². The van der Waals surface area contributed by atoms with Crippen LogP contribution in [-0.2, 0) is 58.6 Å². The van der Waals surface area contributed by atoms with Gasteiger partial charge in [0.1, 0.15) is 0 Å². The van der Waals surface area contributed by atoms with Crippen molar-refractivity contribution in [3.63, 3.8) is 0 Å². The van der Waals surface area contributed by atoms with E-state index in [2.05, 4.69) is 45.5 Å². The molecule has 0 unspecified atom stereocenters. The van der Waals surface area contributed by atoms with Crippen molar-refractivity contribution >= 4 is 46.1 Å². The van der Waals surface area contributed by atoms with Crippen molar-refractivity contribution in [2.24, 2.45) is 10.2 Å². The maximum atomic E-state index is 7.71. The van der Waals surface area contributed by atoms with E-state index in [0.29, 0.717) is 33.1 Å². The molecule has 0 heterocycles. The van der Waals surface area contributed by atoms with Crippen LogP contribution in [0.1, 0.15) is 25.0 Å². The second-order valence-electron chi connectivity index (χ2n) is 7.05. The quantitative estimate of drug-likeness (QED) is 0.134. The van der Waals surface area contributed by atoms with Gasteiger partial charge in [0, 0.05) is 57.7 Å². The fourth-order valence-electron chi connectivity index (χ4n) is 2.12. The second-order valence-corrected chi connectivity index (χ2v) is 7.85. The summed E-state index contributed by atoms with van der Waals surface area (Å²) in [5, 5.41) is 24.6. The Labute approximate surface area is 233 Å². The molecule has 194 valence electrons. The van der Waals surface area contributed by atoms with E-state index in [1.807, 2.05) is 78.4 Å². The first kappa shape index (κ1) is 34.3. The Morgan fingerprint density at radius 1 is 0.676 bits per heavy atom. The van der Waals surface area contributed by atoms with Crippen LogP contribution in [0.3, 0.4) is 0 Å². The molecule has 2 rings (SSSR count). The summed E-state index contributed by atoms with van der Waals surface area (Å²) in [7, 11) is 7.37. The third-order valence-corrected chi connectivity index (χ3v) is 4.99. The van der Waals surface area contributed by atoms with E-state index >= 15 is 0 Å². The molecule has 0 amide bonds. The summed E-state index contributed by atoms with van der Waals surface area (Å²) < 4.78 is 0. The van der Waals surface area contributed by atoms with E-state index in [9.17, 15) is 0 Å². The van der Waals surface area contributed by atoms with Gasteiger partial charge in [-0.3, -0.25) is 9.80 Å². The molecular weight excluding hydrogens is 572 g/mol. The summed E-state index contributed by atoms with van der Waals surface area (Å²) in [5.41, 5.74) is 10.9. The van der Waals surface area contributed by atoms with Gasteiger partial charge in [-0.2, -0.15) is 0 Å². The molecule has 0 aliphatic heterocycles. The largest absolute Gasteiger partial charge is 0.593 e. The summed E-state index contributed by atoms with van der Waals surface area (Å²) in [4.78, 5) is 3.51. The van der Waals surface area contributed by atoms with Crippen molar-refractivity contribution < 1.29 is 44.4 Å². The number of para-hydroxylation sites is 2. The Hall–Kier alpha value is -1.88. The van der Waals surface area contributed by atoms with Crippen LogP contribution in [0.4, 0.5) is 0 Å². The van der Waals surface area contributed by atoms with E-state index in [1.54, 1.807) is 21.9 Å². The van der Waals surface area contributed by atoms with Crippen molar-refractivity contribution in [2.45, 2.75) is 13.8 Å². The summed E-state index contributed by atoms with van der Waals surface area (Å²) >= 11 is 8.32. The number of hydrogen-bond acceptors (Lipinski definition) is 2. The Bertz CT molecular complexity index is 921. The van der Waals surface area contributed by atoms with Gasteiger partial charge in [-0.15, -0.1) is 0 Å². The maximum Gasteiger partial charge on any atom is 0.262 e. The zero-order valence-electron chi connectivity index (χ0n) is 19.8. The van der Waals surface area contributed by atoms with Crippen LogP contribution in [0.5, 0.6) is 11.5 Å². The molecule has 0 spiro atoms. The Kier molecular flexibility index (Phi) is 17.7. The van der Waals surface area contributed by atoms with Crippen LogP contribution in [-0.4, -0.2) is 69.9 Å². The van der Waals surface area contributed by atoms with Crippen molar-refractivity contribution in [1.29, 1.82) is 0 Å². The number of thiol groups is 2. The van der Waals surface area contributed by atoms with Crippen LogP contribution < -0.4 is 0 Å². The molecule has 0 saturated carbocycles. The molecule has 2 aromatic rings. The standard InChI is InChI=1S/2C11H15N3OS.2Cu/c2*1-8(12-13-11(16)14(2)3)9-6-4-5-7-10(9)15;;/h2*4-7H,1-3H3,(H2,12,13,15,16);;/p+2. The molecule has 34 heavy (non-hydrogen) atoms. The SMILES string of the molecule is C/C(=N\[N-]C(=[SH+])N(C)C)c1ccccc1[OH2+].C/C(=N\[N-]C(=[SH+])N(C)C)c1ccccc1[OH2+].[Cu].[Cu]. The monoisotopic (exact) mass is 602 g/mol. The van der Waals surface area contributed by atoms with E-state index in [-0.39, 0.29) is 34.1 Å². The zero-order chi connectivity index (χ0) is 24.3. The second kappa shape index (κ2) is 17.5. The van der Waals surface area contributed by atoms with Gasteiger partial charge in [0.25, 0.3) is 11.5 Å². The van der Waals surface area contributed by atoms with Crippen molar-refractivity contribution in [3.05, 3.63) is 70.5 Å². The molecule has 2 aromatic carbocycles. The Morgan fingerprint density at radius 2 is 0.971 bits per heavy atom. The van der Waals surface area contributed by atoms with Crippen LogP contribution in [0.2, 0.25) is 0 Å². The molecule has 0 aliphatic carbocycles. The molecule has 12 heteroatoms. The first-order chi connectivity index (χ1) is 15.0. The first-order valence-electron chi connectivity index (χ1n) is 9.63. The predicted molar refractivity (Wildman–Crippen MR) is 145 cm³/mol. The van der Waals surface area contributed by atoms with Gasteiger partial charge in [-0.1, -0.05) is 24.3 Å². The molecular formula is C22H32Cu2N6O2S2+2. The molecule has 8 nitrogen and oxygen atoms in total. The third-order valence-electron chi connectivity index (χ3n) is 4.01. The molecule has 0 aliphatic rings. The molecule has 0 bridgehead atoms. The summed E-state index contributed by atoms with van der Waals surface area (Å²) in [6.07, 6.45) is 0. The molecule has 0 atom stereocenters. The minimum absolute atomic E-state index is 0. The average Bonchev–Trinajstić information content (AvgIpc) is 2.76. The minimum atomic E-state index is 0. The Balaban J connectivity index is 0. The third kappa shape index (κ3) is 12.0. The van der Waals surface area contributed by atoms with E-state index in [1.165, 1.54) is 0 Å². The van der Waals surface area contributed by atoms with Gasteiger partial charge >= 0.3 is 0 Å². The van der Waals surface area contributed by atoms with Gasteiger partial charge in [0.15, 0.2) is 34.7 Å². The zero-order valence-corrected chi connectivity index (χ0v) is 23.5. The molecule has 4 N–H and O–H groups in total. The smallest absolute Gasteiger partial charge is 0.262 e. The number of benzene rings is 2. The fraction of sp³-hybridized carbons (Fsp3) is 0.273. The van der Waals surface area contributed by atoms with Crippen molar-refractivity contribution in [3.8, 4) is 11.5 Å². The average molecular weight is 604 g/mol. The van der Waals surface area contributed by atoms with Crippen LogP contribution in [0.25, 0.3) is 10.9 Å². The summed E-state index contributed by atoms with van der Waals surface area (Å²) in [6.45, 7) is 3.65. The van der Waals surface area contributed by atoms with Crippen LogP contribution in [0.15, 0.2) is 58.7 Å². The van der Waals surface area contributed by atoms with Gasteiger partial charge in [-0.05, 0) is 54.2 Å². The molecule has 0 aromatic heterocycles. The number of nitrogens with zero attached hydrogens (tertiary/aromatic N) is 6. The Morgan fingerprint density at radius 3 is 1.24 bits per heavy atom. The number of rotatable bonds is 4. The van der Waals surface area contributed by atoms with Crippen LogP contribution >= 0.6 is 0 Å². The van der Waals surface area contributed by atoms with Gasteiger partial charge in [0.2, 0.25) is 0 Å². The fourth-order valence-corrected chi connectivity index (χ4v) is 2.21.